The van der Waals surface area contributed by atoms with E-state index >= 15 is 0 Å². The number of rotatable bonds is 4. The molecule has 0 unspecified atom stereocenters. The zero-order chi connectivity index (χ0) is 14.6. The van der Waals surface area contributed by atoms with Gasteiger partial charge in [-0.05, 0) is 23.8 Å². The number of amides is 1. The normalized spacial score (nSPS) is 12.8. The van der Waals surface area contributed by atoms with Crippen LogP contribution in [0.5, 0.6) is 0 Å². The number of thioether (sulfide) groups is 1. The summed E-state index contributed by atoms with van der Waals surface area (Å²) in [5, 5.41) is 11.8. The Morgan fingerprint density at radius 2 is 1.84 bits per heavy atom. The van der Waals surface area contributed by atoms with Crippen molar-refractivity contribution in [2.45, 2.75) is 31.7 Å². The highest BCUT2D eigenvalue weighted by Crippen LogP contribution is 2.23. The zero-order valence-corrected chi connectivity index (χ0v) is 12.4. The van der Waals surface area contributed by atoms with Gasteiger partial charge in [0.2, 0.25) is 0 Å². The molecule has 1 rings (SSSR count). The van der Waals surface area contributed by atoms with E-state index in [-0.39, 0.29) is 5.91 Å². The Labute approximate surface area is 117 Å². The van der Waals surface area contributed by atoms with Gasteiger partial charge in [0.25, 0.3) is 5.91 Å². The van der Waals surface area contributed by atoms with Crippen LogP contribution in [0.1, 0.15) is 31.1 Å². The first kappa shape index (κ1) is 15.6. The first-order valence-electron chi connectivity index (χ1n) is 5.94. The van der Waals surface area contributed by atoms with Gasteiger partial charge < -0.3 is 10.4 Å². The van der Waals surface area contributed by atoms with Crippen molar-refractivity contribution in [3.63, 3.8) is 0 Å². The number of carbonyl (C=O) groups is 2. The van der Waals surface area contributed by atoms with Gasteiger partial charge in [0.15, 0.2) is 0 Å². The van der Waals surface area contributed by atoms with Crippen molar-refractivity contribution in [1.82, 2.24) is 5.32 Å². The summed E-state index contributed by atoms with van der Waals surface area (Å²) >= 11 is 1.46. The highest BCUT2D eigenvalue weighted by molar-refractivity contribution is 7.98. The number of carboxylic acid groups (broad SMARTS) is 1. The quantitative estimate of drug-likeness (QED) is 0.833. The topological polar surface area (TPSA) is 66.4 Å². The van der Waals surface area contributed by atoms with Crippen LogP contribution in [-0.2, 0) is 4.79 Å². The molecule has 0 saturated heterocycles. The SMILES string of the molecule is CSc1ccccc1C(=O)N[C@H](C(=O)O)C(C)(C)C. The lowest BCUT2D eigenvalue weighted by Gasteiger charge is -2.28. The van der Waals surface area contributed by atoms with Crippen molar-refractivity contribution >= 4 is 23.6 Å². The van der Waals surface area contributed by atoms with Crippen molar-refractivity contribution < 1.29 is 14.7 Å². The molecule has 0 fully saturated rings. The predicted molar refractivity (Wildman–Crippen MR) is 76.6 cm³/mol. The van der Waals surface area contributed by atoms with Crippen molar-refractivity contribution in [3.05, 3.63) is 29.8 Å². The first-order valence-corrected chi connectivity index (χ1v) is 7.16. The molecule has 1 atom stereocenters. The fourth-order valence-corrected chi connectivity index (χ4v) is 2.29. The van der Waals surface area contributed by atoms with Crippen LogP contribution in [0.2, 0.25) is 0 Å². The average molecular weight is 281 g/mol. The molecule has 104 valence electrons. The summed E-state index contributed by atoms with van der Waals surface area (Å²) in [7, 11) is 0. The van der Waals surface area contributed by atoms with Crippen molar-refractivity contribution in [1.29, 1.82) is 0 Å². The molecule has 1 aromatic rings. The molecule has 0 aliphatic rings. The summed E-state index contributed by atoms with van der Waals surface area (Å²) in [6.45, 7) is 5.35. The van der Waals surface area contributed by atoms with Gasteiger partial charge in [-0.25, -0.2) is 4.79 Å². The number of hydrogen-bond donors (Lipinski definition) is 2. The minimum atomic E-state index is -1.03. The molecular formula is C14H19NO3S. The Morgan fingerprint density at radius 1 is 1.26 bits per heavy atom. The fraction of sp³-hybridized carbons (Fsp3) is 0.429. The Balaban J connectivity index is 2.98. The van der Waals surface area contributed by atoms with Crippen molar-refractivity contribution in [2.75, 3.05) is 6.26 Å². The minimum absolute atomic E-state index is 0.354. The molecule has 0 aliphatic carbocycles. The monoisotopic (exact) mass is 281 g/mol. The van der Waals surface area contributed by atoms with Crippen LogP contribution in [0.4, 0.5) is 0 Å². The predicted octanol–water partition coefficient (Wildman–Crippen LogP) is 2.64. The van der Waals surface area contributed by atoms with E-state index in [4.69, 9.17) is 0 Å². The van der Waals surface area contributed by atoms with Gasteiger partial charge in [-0.1, -0.05) is 32.9 Å². The Hall–Kier alpha value is -1.49. The van der Waals surface area contributed by atoms with E-state index in [9.17, 15) is 14.7 Å². The average Bonchev–Trinajstić information content (AvgIpc) is 2.33. The fourth-order valence-electron chi connectivity index (χ4n) is 1.69. The number of hydrogen-bond acceptors (Lipinski definition) is 3. The third kappa shape index (κ3) is 3.99. The van der Waals surface area contributed by atoms with E-state index < -0.39 is 17.4 Å². The number of carboxylic acids is 1. The lowest BCUT2D eigenvalue weighted by Crippen LogP contribution is -2.49. The van der Waals surface area contributed by atoms with Gasteiger partial charge in [0.1, 0.15) is 6.04 Å². The lowest BCUT2D eigenvalue weighted by atomic mass is 9.86. The maximum absolute atomic E-state index is 12.2. The highest BCUT2D eigenvalue weighted by atomic mass is 32.2. The van der Waals surface area contributed by atoms with E-state index in [1.165, 1.54) is 11.8 Å². The molecule has 5 heteroatoms. The number of benzene rings is 1. The molecule has 0 radical (unpaired) electrons. The van der Waals surface area contributed by atoms with Crippen LogP contribution in [0, 0.1) is 5.41 Å². The van der Waals surface area contributed by atoms with E-state index in [1.54, 1.807) is 32.9 Å². The second kappa shape index (κ2) is 6.10. The highest BCUT2D eigenvalue weighted by Gasteiger charge is 2.33. The van der Waals surface area contributed by atoms with E-state index in [1.807, 2.05) is 18.4 Å². The van der Waals surface area contributed by atoms with Crippen LogP contribution in [0.15, 0.2) is 29.2 Å². The molecule has 0 heterocycles. The molecular weight excluding hydrogens is 262 g/mol. The molecule has 1 amide bonds. The van der Waals surface area contributed by atoms with Gasteiger partial charge >= 0.3 is 5.97 Å². The molecule has 19 heavy (non-hydrogen) atoms. The number of aliphatic carboxylic acids is 1. The van der Waals surface area contributed by atoms with Crippen LogP contribution >= 0.6 is 11.8 Å². The Kier molecular flexibility index (Phi) is 5.00. The summed E-state index contributed by atoms with van der Waals surface area (Å²) in [6, 6.07) is 6.23. The van der Waals surface area contributed by atoms with Gasteiger partial charge in [0, 0.05) is 4.90 Å². The molecule has 0 bridgehead atoms. The zero-order valence-electron chi connectivity index (χ0n) is 11.6. The summed E-state index contributed by atoms with van der Waals surface area (Å²) in [6.07, 6.45) is 1.88. The summed E-state index contributed by atoms with van der Waals surface area (Å²) in [4.78, 5) is 24.3. The largest absolute Gasteiger partial charge is 0.480 e. The lowest BCUT2D eigenvalue weighted by molar-refractivity contribution is -0.142. The number of carbonyl (C=O) groups excluding carboxylic acids is 1. The second-order valence-electron chi connectivity index (χ2n) is 5.31. The van der Waals surface area contributed by atoms with Gasteiger partial charge in [0.05, 0.1) is 5.56 Å². The summed E-state index contributed by atoms with van der Waals surface area (Å²) < 4.78 is 0. The van der Waals surface area contributed by atoms with E-state index in [0.717, 1.165) is 4.90 Å². The standard InChI is InChI=1S/C14H19NO3S/c1-14(2,3)11(13(17)18)15-12(16)9-7-5-6-8-10(9)19-4/h5-8,11H,1-4H3,(H,15,16)(H,17,18)/t11-/m1/s1. The Bertz CT molecular complexity index is 480. The smallest absolute Gasteiger partial charge is 0.326 e. The Morgan fingerprint density at radius 3 is 2.32 bits per heavy atom. The molecule has 1 aromatic carbocycles. The maximum atomic E-state index is 12.2. The molecule has 0 spiro atoms. The van der Waals surface area contributed by atoms with E-state index in [2.05, 4.69) is 5.32 Å². The van der Waals surface area contributed by atoms with Crippen LogP contribution in [-0.4, -0.2) is 29.3 Å². The van der Waals surface area contributed by atoms with Crippen LogP contribution < -0.4 is 5.32 Å². The third-order valence-corrected chi connectivity index (χ3v) is 3.54. The first-order chi connectivity index (χ1) is 8.77. The van der Waals surface area contributed by atoms with Crippen molar-refractivity contribution in [3.8, 4) is 0 Å². The minimum Gasteiger partial charge on any atom is -0.480 e. The van der Waals surface area contributed by atoms with Crippen molar-refractivity contribution in [2.24, 2.45) is 5.41 Å². The summed E-state index contributed by atoms with van der Waals surface area (Å²) in [5.74, 6) is -1.38. The molecule has 0 aromatic heterocycles. The molecule has 0 saturated carbocycles. The molecule has 2 N–H and O–H groups in total. The molecule has 0 aliphatic heterocycles. The van der Waals surface area contributed by atoms with Gasteiger partial charge in [-0.2, -0.15) is 0 Å². The maximum Gasteiger partial charge on any atom is 0.326 e. The van der Waals surface area contributed by atoms with Crippen LogP contribution in [0.25, 0.3) is 0 Å². The molecule has 4 nitrogen and oxygen atoms in total. The summed E-state index contributed by atoms with van der Waals surface area (Å²) in [5.41, 5.74) is -0.0407. The number of nitrogens with one attached hydrogen (secondary N) is 1. The van der Waals surface area contributed by atoms with Crippen LogP contribution in [0.3, 0.4) is 0 Å². The van der Waals surface area contributed by atoms with Gasteiger partial charge in [-0.15, -0.1) is 11.8 Å². The second-order valence-corrected chi connectivity index (χ2v) is 6.16. The third-order valence-electron chi connectivity index (χ3n) is 2.74. The van der Waals surface area contributed by atoms with E-state index in [0.29, 0.717) is 5.56 Å². The van der Waals surface area contributed by atoms with Gasteiger partial charge in [-0.3, -0.25) is 4.79 Å².